The molecule has 2 aromatic carbocycles. The molecular formula is C28H22F4N6O2S. The zero-order valence-corrected chi connectivity index (χ0v) is 22.1. The van der Waals surface area contributed by atoms with E-state index in [0.29, 0.717) is 42.9 Å². The first-order valence-electron chi connectivity index (χ1n) is 12.7. The molecule has 1 aliphatic rings. The topological polar surface area (TPSA) is 108 Å². The summed E-state index contributed by atoms with van der Waals surface area (Å²) in [6.45, 7) is 0.848. The average Bonchev–Trinajstić information content (AvgIpc) is 3.62. The molecule has 0 aliphatic carbocycles. The molecule has 2 N–H and O–H groups in total. The molecule has 1 fully saturated rings. The number of hydrogen-bond donors (Lipinski definition) is 2. The number of alkyl halides is 3. The van der Waals surface area contributed by atoms with Gasteiger partial charge in [0.1, 0.15) is 11.6 Å². The number of carbonyl (C=O) groups is 1. The van der Waals surface area contributed by atoms with Crippen molar-refractivity contribution in [3.8, 4) is 22.5 Å². The van der Waals surface area contributed by atoms with Gasteiger partial charge >= 0.3 is 12.1 Å². The van der Waals surface area contributed by atoms with Crippen molar-refractivity contribution >= 4 is 34.3 Å². The van der Waals surface area contributed by atoms with E-state index in [2.05, 4.69) is 24.9 Å². The number of carboxylic acids is 1. The van der Waals surface area contributed by atoms with E-state index in [1.807, 2.05) is 10.3 Å². The van der Waals surface area contributed by atoms with Crippen LogP contribution in [0.3, 0.4) is 0 Å². The van der Waals surface area contributed by atoms with Crippen LogP contribution in [0.5, 0.6) is 0 Å². The van der Waals surface area contributed by atoms with Gasteiger partial charge in [0.25, 0.3) is 0 Å². The molecule has 1 unspecified atom stereocenters. The lowest BCUT2D eigenvalue weighted by Gasteiger charge is -2.39. The second kappa shape index (κ2) is 10.2. The highest BCUT2D eigenvalue weighted by molar-refractivity contribution is 7.07. The fourth-order valence-electron chi connectivity index (χ4n) is 5.20. The molecule has 8 nitrogen and oxygen atoms in total. The number of aromatic nitrogens is 5. The third kappa shape index (κ3) is 5.24. The second-order valence-electron chi connectivity index (χ2n) is 10.0. The van der Waals surface area contributed by atoms with Crippen LogP contribution in [0, 0.1) is 11.2 Å². The highest BCUT2D eigenvalue weighted by Gasteiger charge is 2.43. The summed E-state index contributed by atoms with van der Waals surface area (Å²) in [6, 6.07) is 7.54. The third-order valence-electron chi connectivity index (χ3n) is 7.32. The van der Waals surface area contributed by atoms with Crippen molar-refractivity contribution in [3.63, 3.8) is 0 Å². The molecule has 0 amide bonds. The van der Waals surface area contributed by atoms with Crippen molar-refractivity contribution in [1.29, 1.82) is 0 Å². The number of piperidine rings is 1. The number of H-pyrrole nitrogens is 1. The summed E-state index contributed by atoms with van der Waals surface area (Å²) in [5, 5.41) is 11.9. The molecule has 1 saturated heterocycles. The van der Waals surface area contributed by atoms with E-state index in [0.717, 1.165) is 17.8 Å². The number of anilines is 1. The van der Waals surface area contributed by atoms with Gasteiger partial charge in [-0.2, -0.15) is 13.2 Å². The molecule has 3 aromatic heterocycles. The number of benzene rings is 2. The first kappa shape index (κ1) is 26.8. The van der Waals surface area contributed by atoms with E-state index in [1.165, 1.54) is 29.5 Å². The van der Waals surface area contributed by atoms with E-state index >= 15 is 4.39 Å². The van der Waals surface area contributed by atoms with Crippen molar-refractivity contribution in [2.24, 2.45) is 5.41 Å². The highest BCUT2D eigenvalue weighted by Crippen LogP contribution is 2.36. The molecule has 6 rings (SSSR count). The van der Waals surface area contributed by atoms with Crippen molar-refractivity contribution in [3.05, 3.63) is 76.8 Å². The summed E-state index contributed by atoms with van der Waals surface area (Å²) in [7, 11) is 0. The predicted octanol–water partition coefficient (Wildman–Crippen LogP) is 6.22. The van der Waals surface area contributed by atoms with Gasteiger partial charge in [-0.05, 0) is 48.7 Å². The van der Waals surface area contributed by atoms with Crippen molar-refractivity contribution in [1.82, 2.24) is 24.9 Å². The minimum atomic E-state index is -4.50. The summed E-state index contributed by atoms with van der Waals surface area (Å²) >= 11 is 1.43. The van der Waals surface area contributed by atoms with Gasteiger partial charge in [-0.1, -0.05) is 6.07 Å². The van der Waals surface area contributed by atoms with Crippen LogP contribution >= 0.6 is 11.3 Å². The van der Waals surface area contributed by atoms with E-state index < -0.39 is 28.9 Å². The monoisotopic (exact) mass is 582 g/mol. The number of nitrogens with one attached hydrogen (secondary N) is 1. The van der Waals surface area contributed by atoms with Crippen molar-refractivity contribution in [2.45, 2.75) is 25.4 Å². The lowest BCUT2D eigenvalue weighted by atomic mass is 9.76. The Morgan fingerprint density at radius 3 is 2.59 bits per heavy atom. The van der Waals surface area contributed by atoms with Crippen LogP contribution in [0.15, 0.2) is 59.7 Å². The van der Waals surface area contributed by atoms with E-state index in [-0.39, 0.29) is 29.0 Å². The van der Waals surface area contributed by atoms with Gasteiger partial charge < -0.3 is 15.0 Å². The number of hydrogen-bond acceptors (Lipinski definition) is 7. The van der Waals surface area contributed by atoms with Gasteiger partial charge in [0.05, 0.1) is 38.8 Å². The van der Waals surface area contributed by atoms with E-state index in [1.54, 1.807) is 24.0 Å². The predicted molar refractivity (Wildman–Crippen MR) is 145 cm³/mol. The zero-order chi connectivity index (χ0) is 28.8. The number of thiazole rings is 1. The summed E-state index contributed by atoms with van der Waals surface area (Å²) in [6.07, 6.45) is 0.101. The van der Waals surface area contributed by atoms with Gasteiger partial charge in [-0.3, -0.25) is 4.79 Å². The van der Waals surface area contributed by atoms with Crippen LogP contribution in [-0.4, -0.2) is 49.1 Å². The fourth-order valence-corrected chi connectivity index (χ4v) is 5.76. The van der Waals surface area contributed by atoms with Crippen LogP contribution in [0.4, 0.5) is 23.5 Å². The highest BCUT2D eigenvalue weighted by atomic mass is 32.1. The van der Waals surface area contributed by atoms with Crippen molar-refractivity contribution < 1.29 is 27.5 Å². The van der Waals surface area contributed by atoms with Crippen LogP contribution in [-0.2, 0) is 17.4 Å². The lowest BCUT2D eigenvalue weighted by molar-refractivity contribution is -0.149. The second-order valence-corrected chi connectivity index (χ2v) is 10.8. The quantitative estimate of drug-likeness (QED) is 0.229. The Morgan fingerprint density at radius 1 is 1.10 bits per heavy atom. The zero-order valence-electron chi connectivity index (χ0n) is 21.3. The van der Waals surface area contributed by atoms with E-state index in [9.17, 15) is 23.1 Å². The number of halogens is 4. The molecule has 1 aliphatic heterocycles. The average molecular weight is 583 g/mol. The minimum Gasteiger partial charge on any atom is -0.481 e. The van der Waals surface area contributed by atoms with Crippen LogP contribution < -0.4 is 4.90 Å². The van der Waals surface area contributed by atoms with E-state index in [4.69, 9.17) is 0 Å². The molecule has 210 valence electrons. The summed E-state index contributed by atoms with van der Waals surface area (Å²) in [5.41, 5.74) is 2.19. The molecule has 13 heteroatoms. The normalized spacial score (nSPS) is 17.7. The molecule has 5 aromatic rings. The Labute approximate surface area is 234 Å². The molecular weight excluding hydrogens is 560 g/mol. The van der Waals surface area contributed by atoms with Gasteiger partial charge in [0, 0.05) is 42.8 Å². The minimum absolute atomic E-state index is 0.106. The third-order valence-corrected chi connectivity index (χ3v) is 7.96. The molecule has 1 atom stereocenters. The Balaban J connectivity index is 1.21. The Hall–Kier alpha value is -4.39. The maximum Gasteiger partial charge on any atom is 0.416 e. The fraction of sp³-hybridized carbons (Fsp3) is 0.250. The number of fused-ring (bicyclic) bond motifs is 1. The summed E-state index contributed by atoms with van der Waals surface area (Å²) in [5.74, 6) is -1.01. The van der Waals surface area contributed by atoms with Crippen LogP contribution in [0.1, 0.15) is 24.1 Å². The number of aromatic amines is 1. The molecule has 4 heterocycles. The Bertz CT molecular complexity index is 1720. The standard InChI is InChI=1S/C28H22F4N6O2S/c29-21-8-16(2-4-20(21)24-36-22-5-3-18(28(30,31)32)9-23(22)37-24)17-11-33-26(34-12-17)38-7-1-6-27(14-38,25(39)40)10-19-13-41-15-35-19/h2-5,8-9,11-13,15H,1,6-7,10,14H2,(H,36,37)(H,39,40). The first-order valence-corrected chi connectivity index (χ1v) is 13.6. The molecule has 41 heavy (non-hydrogen) atoms. The molecule has 0 radical (unpaired) electrons. The lowest BCUT2D eigenvalue weighted by Crippen LogP contribution is -2.49. The number of aliphatic carboxylic acids is 1. The van der Waals surface area contributed by atoms with Gasteiger partial charge in [0.2, 0.25) is 5.95 Å². The van der Waals surface area contributed by atoms with Gasteiger partial charge in [-0.15, -0.1) is 11.3 Å². The maximum atomic E-state index is 15.2. The molecule has 0 spiro atoms. The maximum absolute atomic E-state index is 15.2. The van der Waals surface area contributed by atoms with Crippen LogP contribution in [0.2, 0.25) is 0 Å². The number of carboxylic acid groups (broad SMARTS) is 1. The molecule has 0 saturated carbocycles. The summed E-state index contributed by atoms with van der Waals surface area (Å²) in [4.78, 5) is 34.3. The first-order chi connectivity index (χ1) is 19.6. The van der Waals surface area contributed by atoms with Crippen LogP contribution in [0.25, 0.3) is 33.5 Å². The smallest absolute Gasteiger partial charge is 0.416 e. The molecule has 0 bridgehead atoms. The Morgan fingerprint density at radius 2 is 1.90 bits per heavy atom. The van der Waals surface area contributed by atoms with Gasteiger partial charge in [-0.25, -0.2) is 24.3 Å². The number of nitrogens with zero attached hydrogens (tertiary/aromatic N) is 5. The largest absolute Gasteiger partial charge is 0.481 e. The van der Waals surface area contributed by atoms with Crippen molar-refractivity contribution in [2.75, 3.05) is 18.0 Å². The van der Waals surface area contributed by atoms with Gasteiger partial charge in [0.15, 0.2) is 0 Å². The summed E-state index contributed by atoms with van der Waals surface area (Å²) < 4.78 is 54.3. The Kier molecular flexibility index (Phi) is 6.68. The number of rotatable bonds is 6. The SMILES string of the molecule is O=C(O)C1(Cc2cscn2)CCCN(c2ncc(-c3ccc(-c4nc5ccc(C(F)(F)F)cc5[nH]4)c(F)c3)cn2)C1. The number of imidazole rings is 1.